The summed E-state index contributed by atoms with van der Waals surface area (Å²) < 4.78 is 2.44. The van der Waals surface area contributed by atoms with Gasteiger partial charge in [-0.2, -0.15) is 0 Å². The summed E-state index contributed by atoms with van der Waals surface area (Å²) >= 11 is 0. The van der Waals surface area contributed by atoms with Gasteiger partial charge in [-0.25, -0.2) is 4.98 Å². The molecule has 6 rings (SSSR count). The molecule has 0 atom stereocenters. The third-order valence-corrected chi connectivity index (χ3v) is 10.0. The van der Waals surface area contributed by atoms with Gasteiger partial charge in [-0.05, 0) is 131 Å². The lowest BCUT2D eigenvalue weighted by Gasteiger charge is -2.33. The lowest BCUT2D eigenvalue weighted by Crippen LogP contribution is -2.34. The number of aromatic nitrogens is 2. The quantitative estimate of drug-likeness (QED) is 0.172. The van der Waals surface area contributed by atoms with Gasteiger partial charge >= 0.3 is 0 Å². The zero-order valence-corrected chi connectivity index (χ0v) is 26.1. The van der Waals surface area contributed by atoms with Gasteiger partial charge in [0.25, 0.3) is 0 Å². The predicted octanol–water partition coefficient (Wildman–Crippen LogP) is 8.07. The summed E-state index contributed by atoms with van der Waals surface area (Å²) in [6.45, 7) is 8.22. The number of benzene rings is 2. The van der Waals surface area contributed by atoms with Crippen LogP contribution in [0, 0.1) is 31.1 Å². The molecule has 5 nitrogen and oxygen atoms in total. The minimum Gasteiger partial charge on any atom is -0.327 e. The highest BCUT2D eigenvalue weighted by atomic mass is 16.1. The SMILES string of the molecule is C#Cc1ccc(CCC2=NC(CC3CCN(Cc4nc5ccc(C(=O)CC)cc5n4CC4CCC4)CC3)=CCC2)c(C)c1. The van der Waals surface area contributed by atoms with Gasteiger partial charge in [-0.3, -0.25) is 14.7 Å². The third kappa shape index (κ3) is 7.02. The first kappa shape index (κ1) is 29.6. The number of rotatable bonds is 11. The van der Waals surface area contributed by atoms with Crippen LogP contribution in [0.4, 0.5) is 0 Å². The summed E-state index contributed by atoms with van der Waals surface area (Å²) in [5.74, 6) is 5.53. The van der Waals surface area contributed by atoms with Gasteiger partial charge in [-0.1, -0.05) is 31.4 Å². The molecule has 0 bridgehead atoms. The summed E-state index contributed by atoms with van der Waals surface area (Å²) in [6, 6.07) is 12.4. The van der Waals surface area contributed by atoms with Crippen molar-refractivity contribution >= 4 is 22.5 Å². The molecule has 5 heteroatoms. The average Bonchev–Trinajstić information content (AvgIpc) is 3.34. The zero-order chi connectivity index (χ0) is 29.8. The summed E-state index contributed by atoms with van der Waals surface area (Å²) in [6.07, 6.45) is 20.2. The van der Waals surface area contributed by atoms with Gasteiger partial charge in [0.2, 0.25) is 0 Å². The smallest absolute Gasteiger partial charge is 0.162 e. The van der Waals surface area contributed by atoms with Crippen LogP contribution in [-0.4, -0.2) is 39.0 Å². The molecular weight excluding hydrogens is 528 g/mol. The number of aliphatic imine (C=N–C) groups is 1. The standard InChI is InChI=1S/C38H46N4O/c1-4-28-12-13-31(27(3)22-28)14-16-33-10-7-11-34(39-33)23-29-18-20-41(21-19-29)26-38-40-35-17-15-32(37(43)5-2)24-36(35)42(38)25-30-8-6-9-30/h1,11-13,15,17,22,24,29-30H,5-10,14,16,18-21,23,25-26H2,2-3H3. The van der Waals surface area contributed by atoms with E-state index in [1.807, 2.05) is 19.1 Å². The summed E-state index contributed by atoms with van der Waals surface area (Å²) in [5, 5.41) is 0. The van der Waals surface area contributed by atoms with Crippen molar-refractivity contribution in [1.29, 1.82) is 0 Å². The van der Waals surface area contributed by atoms with Gasteiger partial charge in [-0.15, -0.1) is 6.42 Å². The van der Waals surface area contributed by atoms with Gasteiger partial charge in [0.1, 0.15) is 5.82 Å². The number of hydrogen-bond acceptors (Lipinski definition) is 4. The van der Waals surface area contributed by atoms with Crippen molar-refractivity contribution in [3.63, 3.8) is 0 Å². The Kier molecular flexibility index (Phi) is 9.24. The fraction of sp³-hybridized carbons (Fsp3) is 0.500. The number of allylic oxidation sites excluding steroid dienone is 2. The first-order valence-electron chi connectivity index (χ1n) is 16.6. The van der Waals surface area contributed by atoms with Gasteiger partial charge in [0.15, 0.2) is 5.78 Å². The van der Waals surface area contributed by atoms with Gasteiger partial charge in [0, 0.05) is 35.5 Å². The molecule has 2 fully saturated rings. The van der Waals surface area contributed by atoms with E-state index in [2.05, 4.69) is 52.7 Å². The monoisotopic (exact) mass is 574 g/mol. The average molecular weight is 575 g/mol. The van der Waals surface area contributed by atoms with E-state index in [0.29, 0.717) is 12.3 Å². The summed E-state index contributed by atoms with van der Waals surface area (Å²) in [5.41, 5.74) is 9.24. The number of terminal acetylenes is 1. The maximum absolute atomic E-state index is 12.4. The van der Waals surface area contributed by atoms with Crippen LogP contribution in [0.3, 0.4) is 0 Å². The van der Waals surface area contributed by atoms with Crippen molar-refractivity contribution in [2.75, 3.05) is 13.1 Å². The topological polar surface area (TPSA) is 50.5 Å². The lowest BCUT2D eigenvalue weighted by atomic mass is 9.85. The predicted molar refractivity (Wildman–Crippen MR) is 177 cm³/mol. The Bertz CT molecular complexity index is 1570. The molecule has 1 aromatic heterocycles. The van der Waals surface area contributed by atoms with Crippen LogP contribution in [0.1, 0.15) is 104 Å². The van der Waals surface area contributed by atoms with Gasteiger partial charge < -0.3 is 4.57 Å². The van der Waals surface area contributed by atoms with Crippen molar-refractivity contribution in [2.24, 2.45) is 16.8 Å². The molecule has 2 aliphatic heterocycles. The highest BCUT2D eigenvalue weighted by Crippen LogP contribution is 2.32. The van der Waals surface area contributed by atoms with Crippen molar-refractivity contribution < 1.29 is 4.79 Å². The number of hydrogen-bond donors (Lipinski definition) is 0. The van der Waals surface area contributed by atoms with Crippen LogP contribution in [0.2, 0.25) is 0 Å². The highest BCUT2D eigenvalue weighted by molar-refractivity contribution is 5.98. The largest absolute Gasteiger partial charge is 0.327 e. The maximum atomic E-state index is 12.4. The summed E-state index contributed by atoms with van der Waals surface area (Å²) in [7, 11) is 0. The molecule has 3 heterocycles. The molecule has 0 N–H and O–H groups in total. The number of imidazole rings is 1. The second kappa shape index (κ2) is 13.4. The zero-order valence-electron chi connectivity index (χ0n) is 26.1. The molecule has 1 aliphatic carbocycles. The van der Waals surface area contributed by atoms with Crippen molar-refractivity contribution in [3.05, 3.63) is 76.2 Å². The van der Waals surface area contributed by atoms with E-state index in [4.69, 9.17) is 16.4 Å². The van der Waals surface area contributed by atoms with E-state index in [1.54, 1.807) is 0 Å². The van der Waals surface area contributed by atoms with E-state index < -0.39 is 0 Å². The molecule has 3 aliphatic rings. The lowest BCUT2D eigenvalue weighted by molar-refractivity contribution is 0.0988. The van der Waals surface area contributed by atoms with E-state index in [0.717, 1.165) is 92.2 Å². The van der Waals surface area contributed by atoms with Crippen LogP contribution in [0.15, 0.2) is 53.2 Å². The highest BCUT2D eigenvalue weighted by Gasteiger charge is 2.25. The van der Waals surface area contributed by atoms with Crippen LogP contribution in [0.25, 0.3) is 11.0 Å². The Labute approximate surface area is 257 Å². The Balaban J connectivity index is 1.05. The first-order chi connectivity index (χ1) is 21.0. The van der Waals surface area contributed by atoms with E-state index in [-0.39, 0.29) is 5.78 Å². The number of aryl methyl sites for hydroxylation is 2. The van der Waals surface area contributed by atoms with Crippen LogP contribution in [-0.2, 0) is 19.5 Å². The number of carbonyl (C=O) groups excluding carboxylic acids is 1. The van der Waals surface area contributed by atoms with Crippen molar-refractivity contribution in [1.82, 2.24) is 14.5 Å². The number of Topliss-reactive ketones (excluding diaryl/α,β-unsaturated/α-hetero) is 1. The van der Waals surface area contributed by atoms with E-state index in [9.17, 15) is 4.79 Å². The number of carbonyl (C=O) groups is 1. The Morgan fingerprint density at radius 2 is 1.88 bits per heavy atom. The van der Waals surface area contributed by atoms with Crippen molar-refractivity contribution in [2.45, 2.75) is 97.6 Å². The number of likely N-dealkylation sites (tertiary alicyclic amines) is 1. The fourth-order valence-electron chi connectivity index (χ4n) is 7.02. The van der Waals surface area contributed by atoms with Crippen LogP contribution in [0.5, 0.6) is 0 Å². The minimum absolute atomic E-state index is 0.205. The molecule has 0 radical (unpaired) electrons. The maximum Gasteiger partial charge on any atom is 0.162 e. The van der Waals surface area contributed by atoms with Crippen LogP contribution >= 0.6 is 0 Å². The summed E-state index contributed by atoms with van der Waals surface area (Å²) in [4.78, 5) is 25.3. The molecule has 3 aromatic rings. The molecule has 1 saturated carbocycles. The van der Waals surface area contributed by atoms with Gasteiger partial charge in [0.05, 0.1) is 17.6 Å². The molecule has 0 spiro atoms. The van der Waals surface area contributed by atoms with Crippen LogP contribution < -0.4 is 0 Å². The minimum atomic E-state index is 0.205. The number of fused-ring (bicyclic) bond motifs is 1. The second-order valence-electron chi connectivity index (χ2n) is 13.0. The molecule has 43 heavy (non-hydrogen) atoms. The molecule has 2 aromatic carbocycles. The van der Waals surface area contributed by atoms with E-state index >= 15 is 0 Å². The number of nitrogens with zero attached hydrogens (tertiary/aromatic N) is 4. The van der Waals surface area contributed by atoms with Crippen molar-refractivity contribution in [3.8, 4) is 12.3 Å². The number of ketones is 1. The van der Waals surface area contributed by atoms with E-state index in [1.165, 1.54) is 54.6 Å². The first-order valence-corrected chi connectivity index (χ1v) is 16.6. The Morgan fingerprint density at radius 1 is 1.05 bits per heavy atom. The molecule has 1 saturated heterocycles. The Hall–Kier alpha value is -3.49. The third-order valence-electron chi connectivity index (χ3n) is 10.0. The molecule has 224 valence electrons. The normalized spacial score (nSPS) is 18.3. The molecular formula is C38H46N4O. The molecule has 0 unspecified atom stereocenters. The fourth-order valence-corrected chi connectivity index (χ4v) is 7.02. The molecule has 0 amide bonds. The second-order valence-corrected chi connectivity index (χ2v) is 13.0. The Morgan fingerprint density at radius 3 is 2.60 bits per heavy atom. The number of piperidine rings is 1.